The van der Waals surface area contributed by atoms with Crippen molar-refractivity contribution >= 4 is 22.6 Å². The SMILES string of the molecule is N#CCC1(n2cc(-c3ccnc4[nH]ccc34)cn2)CC=CN(c2ccc(C(=O)NC3(C(F)(F)F)CC3)nc2)C1. The fraction of sp³-hybridized carbons (Fsp3) is 0.296. The van der Waals surface area contributed by atoms with E-state index >= 15 is 0 Å². The van der Waals surface area contributed by atoms with E-state index < -0.39 is 23.2 Å². The van der Waals surface area contributed by atoms with Crippen LogP contribution in [0.4, 0.5) is 18.9 Å². The van der Waals surface area contributed by atoms with Crippen LogP contribution < -0.4 is 10.2 Å². The van der Waals surface area contributed by atoms with Gasteiger partial charge in [0.15, 0.2) is 0 Å². The van der Waals surface area contributed by atoms with Crippen LogP contribution in [0.5, 0.6) is 0 Å². The predicted molar refractivity (Wildman–Crippen MR) is 136 cm³/mol. The molecule has 1 amide bonds. The zero-order chi connectivity index (χ0) is 27.3. The predicted octanol–water partition coefficient (Wildman–Crippen LogP) is 4.68. The zero-order valence-electron chi connectivity index (χ0n) is 20.6. The Balaban J connectivity index is 1.23. The summed E-state index contributed by atoms with van der Waals surface area (Å²) in [6.45, 7) is 0.401. The number of nitriles is 1. The van der Waals surface area contributed by atoms with E-state index in [9.17, 15) is 23.2 Å². The lowest BCUT2D eigenvalue weighted by molar-refractivity contribution is -0.163. The summed E-state index contributed by atoms with van der Waals surface area (Å²) in [5, 5.41) is 17.4. The van der Waals surface area contributed by atoms with Crippen LogP contribution >= 0.6 is 0 Å². The number of fused-ring (bicyclic) bond motifs is 1. The van der Waals surface area contributed by atoms with Crippen molar-refractivity contribution in [2.24, 2.45) is 0 Å². The van der Waals surface area contributed by atoms with Gasteiger partial charge < -0.3 is 15.2 Å². The van der Waals surface area contributed by atoms with E-state index in [1.165, 1.54) is 12.3 Å². The number of H-pyrrole nitrogens is 1. The molecular formula is C27H23F3N8O. The van der Waals surface area contributed by atoms with Gasteiger partial charge in [-0.1, -0.05) is 6.08 Å². The highest BCUT2D eigenvalue weighted by Gasteiger charge is 2.64. The summed E-state index contributed by atoms with van der Waals surface area (Å²) < 4.78 is 41.5. The number of anilines is 1. The molecular weight excluding hydrogens is 509 g/mol. The number of nitrogens with zero attached hydrogens (tertiary/aromatic N) is 6. The van der Waals surface area contributed by atoms with Crippen molar-refractivity contribution in [2.45, 2.75) is 42.9 Å². The second-order valence-electron chi connectivity index (χ2n) is 9.98. The minimum absolute atomic E-state index is 0.0938. The first-order chi connectivity index (χ1) is 18.7. The third-order valence-corrected chi connectivity index (χ3v) is 7.45. The molecule has 1 aliphatic carbocycles. The molecule has 0 spiro atoms. The van der Waals surface area contributed by atoms with Gasteiger partial charge in [0.05, 0.1) is 36.1 Å². The Hall–Kier alpha value is -4.66. The summed E-state index contributed by atoms with van der Waals surface area (Å²) in [7, 11) is 0. The number of pyridine rings is 2. The standard InChI is InChI=1S/C27H23F3N8O/c28-27(29,30)26(7-8-26)36-24(39)22-3-2-19(15-34-22)37-13-1-6-25(17-37,9-10-31)38-16-18(14-35-38)20-4-11-32-23-21(20)5-12-33-23/h1-5,11-16H,6-9,17H2,(H,32,33)(H,36,39). The van der Waals surface area contributed by atoms with Crippen molar-refractivity contribution in [3.05, 3.63) is 73.2 Å². The normalized spacial score (nSPS) is 20.1. The summed E-state index contributed by atoms with van der Waals surface area (Å²) in [5.41, 5.74) is 0.356. The van der Waals surface area contributed by atoms with Gasteiger partial charge in [-0.2, -0.15) is 23.5 Å². The Morgan fingerprint density at radius 3 is 2.74 bits per heavy atom. The van der Waals surface area contributed by atoms with Gasteiger partial charge in [-0.25, -0.2) is 9.97 Å². The molecule has 1 aliphatic heterocycles. The minimum Gasteiger partial charge on any atom is -0.346 e. The van der Waals surface area contributed by atoms with Crippen LogP contribution in [0.15, 0.2) is 67.5 Å². The highest BCUT2D eigenvalue weighted by atomic mass is 19.4. The number of hydrogen-bond donors (Lipinski definition) is 2. The van der Waals surface area contributed by atoms with Gasteiger partial charge in [0.2, 0.25) is 0 Å². The summed E-state index contributed by atoms with van der Waals surface area (Å²) >= 11 is 0. The Kier molecular flexibility index (Phi) is 5.67. The minimum atomic E-state index is -4.50. The van der Waals surface area contributed by atoms with Gasteiger partial charge in [0.1, 0.15) is 16.9 Å². The molecule has 5 heterocycles. The van der Waals surface area contributed by atoms with E-state index in [1.54, 1.807) is 18.5 Å². The molecule has 39 heavy (non-hydrogen) atoms. The highest BCUT2D eigenvalue weighted by molar-refractivity contribution is 5.93. The second-order valence-corrected chi connectivity index (χ2v) is 9.98. The number of halogens is 3. The lowest BCUT2D eigenvalue weighted by Crippen LogP contribution is -2.48. The topological polar surface area (TPSA) is 116 Å². The maximum atomic E-state index is 13.2. The number of aromatic amines is 1. The van der Waals surface area contributed by atoms with Crippen LogP contribution in [0.25, 0.3) is 22.2 Å². The molecule has 9 nitrogen and oxygen atoms in total. The second kappa shape index (κ2) is 8.97. The first-order valence-electron chi connectivity index (χ1n) is 12.4. The number of hydrogen-bond acceptors (Lipinski definition) is 6. The molecule has 1 atom stereocenters. The number of alkyl halides is 3. The van der Waals surface area contributed by atoms with Crippen molar-refractivity contribution in [1.82, 2.24) is 30.0 Å². The van der Waals surface area contributed by atoms with Gasteiger partial charge in [-0.15, -0.1) is 0 Å². The fourth-order valence-electron chi connectivity index (χ4n) is 5.04. The monoisotopic (exact) mass is 532 g/mol. The van der Waals surface area contributed by atoms with E-state index in [0.717, 1.165) is 22.2 Å². The fourth-order valence-corrected chi connectivity index (χ4v) is 5.04. The molecule has 12 heteroatoms. The number of nitrogens with one attached hydrogen (secondary N) is 2. The first-order valence-corrected chi connectivity index (χ1v) is 12.4. The van der Waals surface area contributed by atoms with Gasteiger partial charge in [0.25, 0.3) is 5.91 Å². The third-order valence-electron chi connectivity index (χ3n) is 7.45. The average molecular weight is 533 g/mol. The Morgan fingerprint density at radius 1 is 1.18 bits per heavy atom. The van der Waals surface area contributed by atoms with Crippen LogP contribution in [0, 0.1) is 11.3 Å². The molecule has 0 bridgehead atoms. The molecule has 0 aromatic carbocycles. The van der Waals surface area contributed by atoms with Crippen LogP contribution in [0.3, 0.4) is 0 Å². The summed E-state index contributed by atoms with van der Waals surface area (Å²) in [5.74, 6) is -0.860. The smallest absolute Gasteiger partial charge is 0.346 e. The summed E-state index contributed by atoms with van der Waals surface area (Å²) in [6.07, 6.45) is 8.51. The number of aromatic nitrogens is 5. The molecule has 1 saturated carbocycles. The highest BCUT2D eigenvalue weighted by Crippen LogP contribution is 2.49. The third kappa shape index (κ3) is 4.29. The van der Waals surface area contributed by atoms with Gasteiger partial charge >= 0.3 is 6.18 Å². The number of amides is 1. The average Bonchev–Trinajstić information content (AvgIpc) is 3.33. The largest absolute Gasteiger partial charge is 0.411 e. The van der Waals surface area contributed by atoms with Crippen LogP contribution in [0.1, 0.15) is 36.2 Å². The molecule has 6 rings (SSSR count). The molecule has 198 valence electrons. The summed E-state index contributed by atoms with van der Waals surface area (Å²) in [6, 6.07) is 9.21. The molecule has 1 unspecified atom stereocenters. The number of carbonyl (C=O) groups excluding carboxylic acids is 1. The number of carbonyl (C=O) groups is 1. The molecule has 2 N–H and O–H groups in total. The van der Waals surface area contributed by atoms with Crippen molar-refractivity contribution in [3.8, 4) is 17.2 Å². The lowest BCUT2D eigenvalue weighted by atomic mass is 9.88. The Labute approximate surface area is 221 Å². The Morgan fingerprint density at radius 2 is 2.03 bits per heavy atom. The van der Waals surface area contributed by atoms with E-state index in [4.69, 9.17) is 0 Å². The molecule has 0 saturated heterocycles. The molecule has 0 radical (unpaired) electrons. The molecule has 1 fully saturated rings. The van der Waals surface area contributed by atoms with Gasteiger partial charge in [-0.05, 0) is 49.1 Å². The summed E-state index contributed by atoms with van der Waals surface area (Å²) in [4.78, 5) is 25.9. The number of rotatable bonds is 6. The van der Waals surface area contributed by atoms with Crippen molar-refractivity contribution in [2.75, 3.05) is 11.4 Å². The molecule has 2 aliphatic rings. The van der Waals surface area contributed by atoms with Crippen LogP contribution in [-0.2, 0) is 5.54 Å². The van der Waals surface area contributed by atoms with Crippen LogP contribution in [0.2, 0.25) is 0 Å². The Bertz CT molecular complexity index is 1610. The molecule has 4 aromatic rings. The van der Waals surface area contributed by atoms with Gasteiger partial charge in [-0.3, -0.25) is 9.48 Å². The van der Waals surface area contributed by atoms with Crippen LogP contribution in [-0.4, -0.2) is 48.9 Å². The number of allylic oxidation sites excluding steroid dienone is 1. The van der Waals surface area contributed by atoms with Gasteiger partial charge in [0, 0.05) is 42.3 Å². The first kappa shape index (κ1) is 24.7. The van der Waals surface area contributed by atoms with Crippen molar-refractivity contribution in [1.29, 1.82) is 5.26 Å². The van der Waals surface area contributed by atoms with Crippen molar-refractivity contribution < 1.29 is 18.0 Å². The quantitative estimate of drug-likeness (QED) is 0.373. The maximum absolute atomic E-state index is 13.2. The van der Waals surface area contributed by atoms with Crippen molar-refractivity contribution in [3.63, 3.8) is 0 Å². The zero-order valence-corrected chi connectivity index (χ0v) is 20.6. The van der Waals surface area contributed by atoms with E-state index in [2.05, 4.69) is 31.4 Å². The van der Waals surface area contributed by atoms with E-state index in [1.807, 2.05) is 46.4 Å². The van der Waals surface area contributed by atoms with E-state index in [-0.39, 0.29) is 25.0 Å². The van der Waals surface area contributed by atoms with E-state index in [0.29, 0.717) is 18.7 Å². The maximum Gasteiger partial charge on any atom is 0.411 e. The molecule has 4 aromatic heterocycles. The lowest BCUT2D eigenvalue weighted by Gasteiger charge is -2.39.